The molecular formula is C12H5F9O2S. The summed E-state index contributed by atoms with van der Waals surface area (Å²) in [5.41, 5.74) is -0.275. The third-order valence-corrected chi connectivity index (χ3v) is 3.86. The van der Waals surface area contributed by atoms with Gasteiger partial charge in [-0.25, -0.2) is 8.42 Å². The quantitative estimate of drug-likeness (QED) is 0.586. The second-order valence-electron chi connectivity index (χ2n) is 4.26. The van der Waals surface area contributed by atoms with Gasteiger partial charge in [-0.1, -0.05) is 18.2 Å². The maximum atomic E-state index is 13.3. The highest BCUT2D eigenvalue weighted by atomic mass is 32.2. The Morgan fingerprint density at radius 3 is 1.62 bits per heavy atom. The Hall–Kier alpha value is -1.90. The molecule has 0 bridgehead atoms. The van der Waals surface area contributed by atoms with Gasteiger partial charge >= 0.3 is 23.3 Å². The Morgan fingerprint density at radius 2 is 1.21 bits per heavy atom. The molecule has 24 heavy (non-hydrogen) atoms. The van der Waals surface area contributed by atoms with E-state index in [4.69, 9.17) is 0 Å². The van der Waals surface area contributed by atoms with Crippen LogP contribution in [-0.4, -0.2) is 31.7 Å². The molecule has 0 radical (unpaired) electrons. The number of rotatable bonds is 3. The molecule has 0 N–H and O–H groups in total. The first-order chi connectivity index (χ1) is 10.6. The Bertz CT molecular complexity index is 755. The molecule has 0 aromatic heterocycles. The molecule has 1 aromatic carbocycles. The maximum Gasteiger partial charge on any atom is 0.460 e. The molecule has 12 heteroatoms. The lowest BCUT2D eigenvalue weighted by molar-refractivity contribution is -0.382. The van der Waals surface area contributed by atoms with E-state index >= 15 is 0 Å². The molecule has 0 amide bonds. The minimum Gasteiger partial charge on any atom is -0.209 e. The topological polar surface area (TPSA) is 34.1 Å². The van der Waals surface area contributed by atoms with Crippen LogP contribution in [0.25, 0.3) is 0 Å². The molecule has 134 valence electrons. The fourth-order valence-electron chi connectivity index (χ4n) is 1.24. The maximum absolute atomic E-state index is 13.3. The summed E-state index contributed by atoms with van der Waals surface area (Å²) in [6.45, 7) is 0. The fourth-order valence-corrected chi connectivity index (χ4v) is 2.09. The second-order valence-corrected chi connectivity index (χ2v) is 5.98. The molecule has 0 saturated heterocycles. The summed E-state index contributed by atoms with van der Waals surface area (Å²) in [6.07, 6.45) is -7.11. The van der Waals surface area contributed by atoms with E-state index in [-0.39, 0.29) is 5.56 Å². The first kappa shape index (κ1) is 20.1. The predicted molar refractivity (Wildman–Crippen MR) is 63.1 cm³/mol. The van der Waals surface area contributed by atoms with Gasteiger partial charge in [-0.3, -0.25) is 0 Å². The van der Waals surface area contributed by atoms with Crippen molar-refractivity contribution in [1.82, 2.24) is 0 Å². The third-order valence-electron chi connectivity index (χ3n) is 2.56. The van der Waals surface area contributed by atoms with Gasteiger partial charge in [0.15, 0.2) is 0 Å². The lowest BCUT2D eigenvalue weighted by Crippen LogP contribution is -2.63. The van der Waals surface area contributed by atoms with Crippen molar-refractivity contribution < 1.29 is 47.9 Å². The van der Waals surface area contributed by atoms with Gasteiger partial charge in [0.25, 0.3) is 9.84 Å². The number of benzene rings is 1. The Labute approximate surface area is 129 Å². The van der Waals surface area contributed by atoms with Gasteiger partial charge in [-0.2, -0.15) is 39.5 Å². The molecule has 0 aliphatic heterocycles. The van der Waals surface area contributed by atoms with Gasteiger partial charge in [0.1, 0.15) is 0 Å². The average Bonchev–Trinajstić information content (AvgIpc) is 2.44. The van der Waals surface area contributed by atoms with Gasteiger partial charge in [0, 0.05) is 10.8 Å². The largest absolute Gasteiger partial charge is 0.460 e. The highest BCUT2D eigenvalue weighted by Gasteiger charge is 2.85. The molecule has 1 aromatic rings. The summed E-state index contributed by atoms with van der Waals surface area (Å²) in [5, 5.41) is -6.15. The van der Waals surface area contributed by atoms with Crippen molar-refractivity contribution in [2.24, 2.45) is 0 Å². The molecule has 0 heterocycles. The smallest absolute Gasteiger partial charge is 0.209 e. The minimum absolute atomic E-state index is 0.275. The molecular weight excluding hydrogens is 379 g/mol. The normalized spacial score (nSPS) is 14.0. The third kappa shape index (κ3) is 3.17. The van der Waals surface area contributed by atoms with Gasteiger partial charge in [0.05, 0.1) is 0 Å². The van der Waals surface area contributed by atoms with E-state index in [1.807, 2.05) is 0 Å². The highest BCUT2D eigenvalue weighted by molar-refractivity contribution is 7.97. The molecule has 0 aliphatic carbocycles. The summed E-state index contributed by atoms with van der Waals surface area (Å²) in [5.74, 6) is -13.1. The van der Waals surface area contributed by atoms with Crippen LogP contribution in [0.5, 0.6) is 0 Å². The zero-order chi connectivity index (χ0) is 19.0. The van der Waals surface area contributed by atoms with Crippen molar-refractivity contribution >= 4 is 9.84 Å². The summed E-state index contributed by atoms with van der Waals surface area (Å²) in [7, 11) is -6.68. The predicted octanol–water partition coefficient (Wildman–Crippen LogP) is 3.84. The molecule has 0 unspecified atom stereocenters. The van der Waals surface area contributed by atoms with Crippen LogP contribution in [0.1, 0.15) is 5.56 Å². The average molecular weight is 384 g/mol. The van der Waals surface area contributed by atoms with E-state index in [0.29, 0.717) is 5.25 Å². The molecule has 0 atom stereocenters. The minimum atomic E-state index is -7.30. The van der Waals surface area contributed by atoms with Crippen molar-refractivity contribution in [1.29, 1.82) is 0 Å². The van der Waals surface area contributed by atoms with Crippen molar-refractivity contribution in [3.05, 3.63) is 35.9 Å². The summed E-state index contributed by atoms with van der Waals surface area (Å²) in [6, 6.07) is 6.01. The van der Waals surface area contributed by atoms with Gasteiger partial charge in [-0.15, -0.1) is 0 Å². The molecule has 0 spiro atoms. The van der Waals surface area contributed by atoms with Crippen LogP contribution >= 0.6 is 0 Å². The van der Waals surface area contributed by atoms with Crippen LogP contribution in [0, 0.1) is 11.2 Å². The Morgan fingerprint density at radius 1 is 0.750 bits per heavy atom. The number of hydrogen-bond acceptors (Lipinski definition) is 2. The van der Waals surface area contributed by atoms with Crippen LogP contribution in [0.4, 0.5) is 39.5 Å². The fraction of sp³-hybridized carbons (Fsp3) is 0.333. The molecule has 1 rings (SSSR count). The number of sulfone groups is 1. The van der Waals surface area contributed by atoms with Crippen LogP contribution in [-0.2, 0) is 9.84 Å². The second kappa shape index (κ2) is 5.87. The Balaban J connectivity index is 3.39. The number of alkyl halides is 9. The van der Waals surface area contributed by atoms with Crippen molar-refractivity contribution in [2.45, 2.75) is 23.3 Å². The van der Waals surface area contributed by atoms with E-state index < -0.39 is 33.1 Å². The zero-order valence-electron chi connectivity index (χ0n) is 11.0. The lowest BCUT2D eigenvalue weighted by Gasteiger charge is -2.31. The van der Waals surface area contributed by atoms with E-state index in [2.05, 4.69) is 0 Å². The summed E-state index contributed by atoms with van der Waals surface area (Å²) in [4.78, 5) is 0. The standard InChI is InChI=1S/C12H5F9O2S/c13-9(14,11(17,18)19)10(15,16)12(20,21)24(22,23)7-6-8-4-2-1-3-5-8/h1-5H. The lowest BCUT2D eigenvalue weighted by atomic mass is 10.1. The van der Waals surface area contributed by atoms with Crippen molar-refractivity contribution in [2.75, 3.05) is 0 Å². The van der Waals surface area contributed by atoms with E-state index in [1.165, 1.54) is 24.1 Å². The molecule has 0 fully saturated rings. The van der Waals surface area contributed by atoms with Crippen molar-refractivity contribution in [3.63, 3.8) is 0 Å². The summed E-state index contributed by atoms with van der Waals surface area (Å²) < 4.78 is 136. The van der Waals surface area contributed by atoms with Crippen LogP contribution < -0.4 is 0 Å². The monoisotopic (exact) mass is 384 g/mol. The van der Waals surface area contributed by atoms with Gasteiger partial charge in [-0.05, 0) is 18.1 Å². The zero-order valence-corrected chi connectivity index (χ0v) is 11.8. The number of hydrogen-bond donors (Lipinski definition) is 0. The van der Waals surface area contributed by atoms with E-state index in [9.17, 15) is 47.9 Å². The molecule has 0 saturated carbocycles. The van der Waals surface area contributed by atoms with Crippen LogP contribution in [0.2, 0.25) is 0 Å². The SMILES string of the molecule is O=S(=O)(C#Cc1ccccc1)C(F)(F)C(F)(F)C(F)(F)C(F)(F)F. The number of halogens is 9. The van der Waals surface area contributed by atoms with Gasteiger partial charge in [0.2, 0.25) is 0 Å². The van der Waals surface area contributed by atoms with Crippen LogP contribution in [0.3, 0.4) is 0 Å². The van der Waals surface area contributed by atoms with Crippen molar-refractivity contribution in [3.8, 4) is 11.2 Å². The molecule has 0 aliphatic rings. The first-order valence-electron chi connectivity index (χ1n) is 5.60. The summed E-state index contributed by atoms with van der Waals surface area (Å²) >= 11 is 0. The molecule has 2 nitrogen and oxygen atoms in total. The van der Waals surface area contributed by atoms with E-state index in [1.54, 1.807) is 0 Å². The highest BCUT2D eigenvalue weighted by Crippen LogP contribution is 2.54. The van der Waals surface area contributed by atoms with Crippen LogP contribution in [0.15, 0.2) is 30.3 Å². The first-order valence-corrected chi connectivity index (χ1v) is 7.09. The Kier molecular flexibility index (Phi) is 4.93. The van der Waals surface area contributed by atoms with Gasteiger partial charge < -0.3 is 0 Å². The van der Waals surface area contributed by atoms with E-state index in [0.717, 1.165) is 12.1 Å².